The summed E-state index contributed by atoms with van der Waals surface area (Å²) in [5.74, 6) is -8.26. The fraction of sp³-hybridized carbons (Fsp3) is 0.485. The summed E-state index contributed by atoms with van der Waals surface area (Å²) in [5.41, 5.74) is 3.00. The molecule has 0 aromatic heterocycles. The molecule has 117 heavy (non-hydrogen) atoms. The minimum Gasteiger partial charge on any atom is -0.525 e. The van der Waals surface area contributed by atoms with Gasteiger partial charge < -0.3 is 114 Å². The second-order valence-corrected chi connectivity index (χ2v) is 34.2. The second-order valence-electron chi connectivity index (χ2n) is 26.0. The minimum absolute atomic E-state index is 0. The van der Waals surface area contributed by atoms with Crippen molar-refractivity contribution in [2.45, 2.75) is 111 Å². The van der Waals surface area contributed by atoms with Crippen molar-refractivity contribution in [3.63, 3.8) is 0 Å². The number of nitrogens with one attached hydrogen (secondary N) is 3. The first-order valence-electron chi connectivity index (χ1n) is 33.8. The van der Waals surface area contributed by atoms with Crippen LogP contribution < -0.4 is 25.4 Å². The first-order valence-corrected chi connectivity index (χ1v) is 42.8. The van der Waals surface area contributed by atoms with Crippen LogP contribution >= 0.6 is 38.0 Å². The Kier molecular flexibility index (Phi) is 60.6. The van der Waals surface area contributed by atoms with Crippen LogP contribution in [-0.2, 0) is 156 Å². The maximum absolute atomic E-state index is 12.5. The molecular formula is C68H108N7O35P5Y2-2. The van der Waals surface area contributed by atoms with E-state index in [0.717, 1.165) is 26.0 Å². The van der Waals surface area contributed by atoms with Crippen molar-refractivity contribution in [3.05, 3.63) is 133 Å². The molecule has 2 rings (SSSR count). The molecule has 49 heteroatoms. The van der Waals surface area contributed by atoms with Gasteiger partial charge in [-0.2, -0.15) is 0 Å². The Morgan fingerprint density at radius 2 is 0.786 bits per heavy atom. The van der Waals surface area contributed by atoms with Crippen LogP contribution in [0.1, 0.15) is 91.7 Å². The number of hydrogen-bond acceptors (Lipinski definition) is 23. The van der Waals surface area contributed by atoms with Gasteiger partial charge in [0.15, 0.2) is 0 Å². The van der Waals surface area contributed by atoms with E-state index < -0.39 is 166 Å². The predicted molar refractivity (Wildman–Crippen MR) is 415 cm³/mol. The number of carbonyl (C=O) groups excluding carboxylic acids is 6. The summed E-state index contributed by atoms with van der Waals surface area (Å²) in [5, 5.41) is 52.0. The molecule has 0 saturated heterocycles. The van der Waals surface area contributed by atoms with E-state index in [1.807, 2.05) is 57.2 Å². The largest absolute Gasteiger partial charge is 0.525 e. The van der Waals surface area contributed by atoms with Gasteiger partial charge in [0.25, 0.3) is 0 Å². The Hall–Kier alpha value is -6.25. The zero-order chi connectivity index (χ0) is 89.8. The first-order chi connectivity index (χ1) is 52.5. The zero-order valence-electron chi connectivity index (χ0n) is 66.2. The van der Waals surface area contributed by atoms with Crippen LogP contribution in [0.15, 0.2) is 109 Å². The Labute approximate surface area is 727 Å². The van der Waals surface area contributed by atoms with Crippen LogP contribution in [0.5, 0.6) is 11.5 Å². The summed E-state index contributed by atoms with van der Waals surface area (Å²) in [6.45, 7) is 29.5. The average Bonchev–Trinajstić information content (AvgIpc) is 0.832. The van der Waals surface area contributed by atoms with Gasteiger partial charge in [-0.1, -0.05) is 76.6 Å². The van der Waals surface area contributed by atoms with Crippen molar-refractivity contribution in [1.82, 2.24) is 35.6 Å². The van der Waals surface area contributed by atoms with Gasteiger partial charge in [-0.15, -0.1) is 0 Å². The SMILES string of the molecule is C=C(C)C(=O)NCCC(C(=O)O)N(C)CP(=O)(O)O.C=C(C)C(=O)NCCC(C(=O)O)N(CC(=O)O)CC(=O)O.C=C(C)C(=O)NCCC(C(=O)O)N(CCP(=O)(O)O)CP(=O)(O)O.C=C(C)C(=O)OC[CH-]COc1ccc(C(C)(C)CCC(=O)N(CP(=O)(O)O)CP(=O)(O)O)cc1.C=C(C)C(=O)OC[CH-]COc1ccc(C)cc1.[Y].[Y]. The number of amides is 4. The minimum atomic E-state index is -4.70. The standard InChI is InChI=1S/C21H32NO10P2.C14H17O3.C12H18N2O7.C11H22N2O9P2.C10H19N2O6P.2Y/c1-16(2)20(24)32-13-5-12-31-18-8-6-17(7-9-18)21(3,4)11-10-19(23)22(14-33(25,26)27)15-34(28,29)30;1-11(2)14(15)17-10-4-9-16-13-7-5-12(3)6-8-13;1-7(2)11(19)13-4-3-8(12(20)21)14(5-9(15)16)6-10(17)18;1-8(2)10(14)12-4-3-9(11(15)16)13(7-24(20,21)22)5-6-23(17,18)19;1-7(2)9(13)11-5-4-8(10(14)15)12(3)6-19(16,17)18;;/h5-9H,1,10-15H2,2-4H3,(H2,25,26,27)(H2,28,29,30);4-8H,1,9-10H2,2-3H3;8H,1,3-6H2,2H3,(H,13,19)(H,15,16)(H,17,18)(H,20,21);9H,1,3-7H2,2H3,(H,12,14)(H,15,16)(H2,17,18,19)(H2,20,21,22);8H,1,4-6H2,2-3H3,(H,11,13)(H,14,15)(H2,16,17,18);;/q2*-1;;;;;. The quantitative estimate of drug-likeness (QED) is 0.0149. The molecule has 0 heterocycles. The van der Waals surface area contributed by atoms with E-state index in [1.54, 1.807) is 38.8 Å². The molecule has 0 saturated carbocycles. The third-order valence-corrected chi connectivity index (χ3v) is 18.2. The van der Waals surface area contributed by atoms with E-state index in [0.29, 0.717) is 34.0 Å². The summed E-state index contributed by atoms with van der Waals surface area (Å²) in [4.78, 5) is 217. The number of hydrogen-bond donors (Lipinski definition) is 18. The molecule has 0 bridgehead atoms. The fourth-order valence-corrected chi connectivity index (χ4v) is 12.3. The number of nitrogens with zero attached hydrogens (tertiary/aromatic N) is 4. The van der Waals surface area contributed by atoms with Crippen molar-refractivity contribution in [3.8, 4) is 11.5 Å². The van der Waals surface area contributed by atoms with Crippen LogP contribution in [-0.4, -0.2) is 282 Å². The van der Waals surface area contributed by atoms with Gasteiger partial charge in [0.2, 0.25) is 23.6 Å². The third-order valence-electron chi connectivity index (χ3n) is 14.5. The monoisotopic (exact) mass is 1920 g/mol. The summed E-state index contributed by atoms with van der Waals surface area (Å²) >= 11 is 0. The van der Waals surface area contributed by atoms with Crippen molar-refractivity contribution < 1.29 is 234 Å². The van der Waals surface area contributed by atoms with Crippen molar-refractivity contribution in [2.24, 2.45) is 0 Å². The van der Waals surface area contributed by atoms with Crippen LogP contribution in [0.2, 0.25) is 0 Å². The number of benzene rings is 2. The van der Waals surface area contributed by atoms with E-state index >= 15 is 0 Å². The molecule has 0 aliphatic heterocycles. The Bertz CT molecular complexity index is 3840. The second kappa shape index (κ2) is 59.5. The molecule has 3 unspecified atom stereocenters. The molecule has 18 N–H and O–H groups in total. The van der Waals surface area contributed by atoms with Crippen molar-refractivity contribution in [1.29, 1.82) is 0 Å². The summed E-state index contributed by atoms with van der Waals surface area (Å²) in [6, 6.07) is 11.0. The van der Waals surface area contributed by atoms with Crippen LogP contribution in [0.3, 0.4) is 0 Å². The van der Waals surface area contributed by atoms with E-state index in [9.17, 15) is 80.7 Å². The Morgan fingerprint density at radius 3 is 1.09 bits per heavy atom. The van der Waals surface area contributed by atoms with Gasteiger partial charge in [0, 0.05) is 126 Å². The van der Waals surface area contributed by atoms with E-state index in [-0.39, 0.29) is 160 Å². The number of esters is 2. The molecule has 2 radical (unpaired) electrons. The van der Waals surface area contributed by atoms with Gasteiger partial charge in [-0.05, 0) is 136 Å². The van der Waals surface area contributed by atoms with E-state index in [4.69, 9.17) is 88.3 Å². The van der Waals surface area contributed by atoms with Gasteiger partial charge in [-0.3, -0.25) is 93.5 Å². The van der Waals surface area contributed by atoms with Gasteiger partial charge in [0.05, 0.1) is 19.3 Å². The maximum atomic E-state index is 12.5. The smallest absolute Gasteiger partial charge is 0.344 e. The zero-order valence-corrected chi connectivity index (χ0v) is 76.4. The molecule has 3 atom stereocenters. The maximum Gasteiger partial charge on any atom is 0.344 e. The molecule has 0 spiro atoms. The van der Waals surface area contributed by atoms with E-state index in [2.05, 4.69) is 48.8 Å². The number of likely N-dealkylation sites (N-methyl/N-ethyl adjacent to an activating group) is 1. The molecule has 2 aromatic carbocycles. The van der Waals surface area contributed by atoms with Crippen LogP contribution in [0.25, 0.3) is 0 Å². The molecule has 0 aliphatic carbocycles. The topological polar surface area (TPSA) is 663 Å². The Morgan fingerprint density at radius 1 is 0.462 bits per heavy atom. The summed E-state index contributed by atoms with van der Waals surface area (Å²) in [7, 11) is -21.5. The molecule has 42 nitrogen and oxygen atoms in total. The van der Waals surface area contributed by atoms with E-state index in [1.165, 1.54) is 33.4 Å². The first kappa shape index (κ1) is 119. The number of rotatable bonds is 49. The van der Waals surface area contributed by atoms with Gasteiger partial charge in [0.1, 0.15) is 54.8 Å². The van der Waals surface area contributed by atoms with Crippen molar-refractivity contribution >= 4 is 103 Å². The number of carboxylic acid groups (broad SMARTS) is 5. The number of carboxylic acids is 5. The molecular weight excluding hydrogens is 1810 g/mol. The molecule has 2 aromatic rings. The molecule has 0 aliphatic rings. The summed E-state index contributed by atoms with van der Waals surface area (Å²) < 4.78 is 76.2. The average molecular weight is 1920 g/mol. The number of aliphatic carboxylic acids is 5. The molecule has 0 fully saturated rings. The van der Waals surface area contributed by atoms with Crippen LogP contribution in [0.4, 0.5) is 0 Å². The Balaban J connectivity index is -0.000000455. The molecule has 658 valence electrons. The summed E-state index contributed by atoms with van der Waals surface area (Å²) in [6.07, 6.45) is -1.32. The number of carbonyl (C=O) groups is 11. The number of ether oxygens (including phenoxy) is 4. The van der Waals surface area contributed by atoms with Crippen LogP contribution in [0, 0.1) is 19.8 Å². The normalized spacial score (nSPS) is 12.0. The number of aryl methyl sites for hydroxylation is 1. The van der Waals surface area contributed by atoms with Gasteiger partial charge >= 0.3 is 79.8 Å². The third kappa shape index (κ3) is 63.4. The fourth-order valence-electron chi connectivity index (χ4n) is 8.64. The van der Waals surface area contributed by atoms with Crippen molar-refractivity contribution in [2.75, 3.05) is 104 Å². The van der Waals surface area contributed by atoms with Gasteiger partial charge in [-0.25, -0.2) is 9.59 Å². The molecule has 4 amide bonds. The predicted octanol–water partition coefficient (Wildman–Crippen LogP) is 2.96.